The number of unbranched alkanes of at least 4 members (excludes halogenated alkanes) is 31. The number of rotatable bonds is 43. The van der Waals surface area contributed by atoms with Crippen LogP contribution < -0.4 is 5.32 Å². The molecule has 0 aromatic rings. The van der Waals surface area contributed by atoms with Crippen LogP contribution in [0.2, 0.25) is 0 Å². The molecule has 1 heterocycles. The van der Waals surface area contributed by atoms with Crippen molar-refractivity contribution in [1.29, 1.82) is 0 Å². The van der Waals surface area contributed by atoms with Crippen LogP contribution in [0.5, 0.6) is 0 Å². The quantitative estimate of drug-likeness (QED) is 0.0262. The topological polar surface area (TPSA) is 149 Å². The van der Waals surface area contributed by atoms with Crippen molar-refractivity contribution < 1.29 is 39.8 Å². The van der Waals surface area contributed by atoms with Gasteiger partial charge in [-0.15, -0.1) is 0 Å². The van der Waals surface area contributed by atoms with E-state index >= 15 is 0 Å². The summed E-state index contributed by atoms with van der Waals surface area (Å²) in [4.78, 5) is 13.0. The fourth-order valence-corrected chi connectivity index (χ4v) is 8.40. The predicted molar refractivity (Wildman–Crippen MR) is 249 cm³/mol. The zero-order chi connectivity index (χ0) is 43.9. The first-order valence-corrected chi connectivity index (χ1v) is 25.8. The smallest absolute Gasteiger partial charge is 0.220 e. The molecule has 60 heavy (non-hydrogen) atoms. The zero-order valence-corrected chi connectivity index (χ0v) is 39.4. The van der Waals surface area contributed by atoms with Crippen molar-refractivity contribution in [1.82, 2.24) is 5.32 Å². The van der Waals surface area contributed by atoms with Gasteiger partial charge in [0.25, 0.3) is 0 Å². The molecule has 9 heteroatoms. The van der Waals surface area contributed by atoms with E-state index in [-0.39, 0.29) is 12.5 Å². The lowest BCUT2D eigenvalue weighted by Crippen LogP contribution is -2.60. The Labute approximate surface area is 369 Å². The molecule has 0 aliphatic carbocycles. The summed E-state index contributed by atoms with van der Waals surface area (Å²) >= 11 is 0. The van der Waals surface area contributed by atoms with Crippen LogP contribution in [0.25, 0.3) is 0 Å². The number of ether oxygens (including phenoxy) is 2. The molecule has 0 saturated carbocycles. The van der Waals surface area contributed by atoms with Gasteiger partial charge in [-0.3, -0.25) is 4.79 Å². The van der Waals surface area contributed by atoms with Gasteiger partial charge in [0.1, 0.15) is 24.4 Å². The van der Waals surface area contributed by atoms with Crippen molar-refractivity contribution in [3.63, 3.8) is 0 Å². The fourth-order valence-electron chi connectivity index (χ4n) is 8.40. The standard InChI is InChI=1S/C51H99NO8/c1-4-5-6-7-8-9-10-11-12-13-14-15-16-17-18-19-20-21-22-23-24-28-31-34-37-40-47(55)52-44(42-59-51-50(58)49(57)48(56)46(41-53)60-51)45(54)39-36-33-30-27-25-26-29-32-35-38-43(2)3/h36,39,43-46,48-51,53-54,56-58H,4-35,37-38,40-42H2,1-3H3,(H,52,55)/b39-36+/t44-,45+,46+,48+,49-,50+,51+/m0/s1. The molecule has 9 nitrogen and oxygen atoms in total. The molecule has 1 aliphatic heterocycles. The SMILES string of the molecule is CCCCCCCCCCCCCCCCCCCCCCCCCCCC(=O)N[C@@H](CO[C@@H]1O[C@H](CO)[C@@H](O)[C@H](O)[C@H]1O)[C@H](O)/C=C/CCCCCCCCCC(C)C. The van der Waals surface area contributed by atoms with Crippen LogP contribution in [-0.2, 0) is 14.3 Å². The molecule has 1 aliphatic rings. The summed E-state index contributed by atoms with van der Waals surface area (Å²) in [6, 6.07) is -0.800. The van der Waals surface area contributed by atoms with Crippen LogP contribution in [0, 0.1) is 5.92 Å². The van der Waals surface area contributed by atoms with E-state index < -0.39 is 49.5 Å². The summed E-state index contributed by atoms with van der Waals surface area (Å²) in [5.74, 6) is 0.606. The maximum absolute atomic E-state index is 13.0. The van der Waals surface area contributed by atoms with Gasteiger partial charge in [-0.25, -0.2) is 0 Å². The van der Waals surface area contributed by atoms with E-state index in [0.29, 0.717) is 6.42 Å². The zero-order valence-electron chi connectivity index (χ0n) is 39.4. The number of nitrogens with one attached hydrogen (secondary N) is 1. The van der Waals surface area contributed by atoms with Gasteiger partial charge in [-0.2, -0.15) is 0 Å². The van der Waals surface area contributed by atoms with Gasteiger partial charge in [0, 0.05) is 6.42 Å². The van der Waals surface area contributed by atoms with Crippen LogP contribution in [-0.4, -0.2) is 87.5 Å². The van der Waals surface area contributed by atoms with Gasteiger partial charge in [0.05, 0.1) is 25.4 Å². The molecule has 1 fully saturated rings. The lowest BCUT2D eigenvalue weighted by atomic mass is 9.99. The highest BCUT2D eigenvalue weighted by Gasteiger charge is 2.44. The largest absolute Gasteiger partial charge is 0.394 e. The minimum absolute atomic E-state index is 0.174. The normalized spacial score (nSPS) is 20.6. The van der Waals surface area contributed by atoms with E-state index in [9.17, 15) is 30.3 Å². The third-order valence-corrected chi connectivity index (χ3v) is 12.5. The van der Waals surface area contributed by atoms with Crippen LogP contribution >= 0.6 is 0 Å². The molecule has 1 amide bonds. The summed E-state index contributed by atoms with van der Waals surface area (Å²) in [5.41, 5.74) is 0. The fraction of sp³-hybridized carbons (Fsp3) is 0.941. The Hall–Kier alpha value is -1.07. The van der Waals surface area contributed by atoms with E-state index in [2.05, 4.69) is 26.1 Å². The summed E-state index contributed by atoms with van der Waals surface area (Å²) < 4.78 is 11.2. The average molecular weight is 854 g/mol. The lowest BCUT2D eigenvalue weighted by Gasteiger charge is -2.40. The lowest BCUT2D eigenvalue weighted by molar-refractivity contribution is -0.302. The van der Waals surface area contributed by atoms with Gasteiger partial charge in [0.2, 0.25) is 5.91 Å². The Morgan fingerprint density at radius 2 is 1.02 bits per heavy atom. The second kappa shape index (κ2) is 40.7. The average Bonchev–Trinajstić information content (AvgIpc) is 3.23. The number of carbonyl (C=O) groups is 1. The number of amides is 1. The summed E-state index contributed by atoms with van der Waals surface area (Å²) in [7, 11) is 0. The van der Waals surface area contributed by atoms with Crippen molar-refractivity contribution in [3.8, 4) is 0 Å². The number of hydrogen-bond donors (Lipinski definition) is 6. The summed E-state index contributed by atoms with van der Waals surface area (Å²) in [6.07, 6.45) is 40.0. The van der Waals surface area contributed by atoms with Crippen molar-refractivity contribution in [2.24, 2.45) is 5.92 Å². The molecule has 6 N–H and O–H groups in total. The minimum atomic E-state index is -1.56. The first kappa shape index (κ1) is 56.9. The molecular formula is C51H99NO8. The Kier molecular flexibility index (Phi) is 38.6. The van der Waals surface area contributed by atoms with E-state index in [0.717, 1.165) is 44.4 Å². The van der Waals surface area contributed by atoms with E-state index in [1.165, 1.54) is 180 Å². The Morgan fingerprint density at radius 1 is 0.600 bits per heavy atom. The third kappa shape index (κ3) is 31.7. The second-order valence-electron chi connectivity index (χ2n) is 18.8. The Bertz CT molecular complexity index is 963. The highest BCUT2D eigenvalue weighted by molar-refractivity contribution is 5.76. The summed E-state index contributed by atoms with van der Waals surface area (Å²) in [6.45, 7) is 6.10. The van der Waals surface area contributed by atoms with Gasteiger partial charge in [-0.1, -0.05) is 232 Å². The Morgan fingerprint density at radius 3 is 1.45 bits per heavy atom. The number of carbonyl (C=O) groups excluding carboxylic acids is 1. The van der Waals surface area contributed by atoms with Gasteiger partial charge >= 0.3 is 0 Å². The molecule has 1 saturated heterocycles. The van der Waals surface area contributed by atoms with Gasteiger partial charge in [0.15, 0.2) is 6.29 Å². The first-order chi connectivity index (χ1) is 29.2. The molecule has 1 rings (SSSR count). The Balaban J connectivity index is 2.20. The molecule has 0 aromatic carbocycles. The van der Waals surface area contributed by atoms with Crippen molar-refractivity contribution in [3.05, 3.63) is 12.2 Å². The maximum atomic E-state index is 13.0. The van der Waals surface area contributed by atoms with Crippen LogP contribution in [0.3, 0.4) is 0 Å². The monoisotopic (exact) mass is 854 g/mol. The van der Waals surface area contributed by atoms with Crippen LogP contribution in [0.15, 0.2) is 12.2 Å². The second-order valence-corrected chi connectivity index (χ2v) is 18.8. The molecule has 0 bridgehead atoms. The van der Waals surface area contributed by atoms with E-state index in [1.54, 1.807) is 6.08 Å². The minimum Gasteiger partial charge on any atom is -0.394 e. The van der Waals surface area contributed by atoms with Crippen molar-refractivity contribution in [2.75, 3.05) is 13.2 Å². The number of hydrogen-bond acceptors (Lipinski definition) is 8. The van der Waals surface area contributed by atoms with Crippen molar-refractivity contribution >= 4 is 5.91 Å². The number of allylic oxidation sites excluding steroid dienone is 1. The van der Waals surface area contributed by atoms with Gasteiger partial charge < -0.3 is 40.3 Å². The molecule has 0 radical (unpaired) electrons. The first-order valence-electron chi connectivity index (χ1n) is 25.8. The maximum Gasteiger partial charge on any atom is 0.220 e. The highest BCUT2D eigenvalue weighted by atomic mass is 16.7. The molecule has 0 unspecified atom stereocenters. The molecular weight excluding hydrogens is 755 g/mol. The molecule has 7 atom stereocenters. The highest BCUT2D eigenvalue weighted by Crippen LogP contribution is 2.23. The number of aliphatic hydroxyl groups is 5. The van der Waals surface area contributed by atoms with E-state index in [4.69, 9.17) is 9.47 Å². The van der Waals surface area contributed by atoms with E-state index in [1.807, 2.05) is 6.08 Å². The van der Waals surface area contributed by atoms with Crippen molar-refractivity contribution in [2.45, 2.75) is 288 Å². The summed E-state index contributed by atoms with van der Waals surface area (Å²) in [5, 5.41) is 54.2. The van der Waals surface area contributed by atoms with Gasteiger partial charge in [-0.05, 0) is 25.2 Å². The van der Waals surface area contributed by atoms with Crippen LogP contribution in [0.1, 0.15) is 245 Å². The molecule has 356 valence electrons. The molecule has 0 spiro atoms. The molecule has 0 aromatic heterocycles. The predicted octanol–water partition coefficient (Wildman–Crippen LogP) is 11.5. The number of aliphatic hydroxyl groups excluding tert-OH is 5. The van der Waals surface area contributed by atoms with Crippen LogP contribution in [0.4, 0.5) is 0 Å². The third-order valence-electron chi connectivity index (χ3n) is 12.5.